The van der Waals surface area contributed by atoms with Gasteiger partial charge in [0, 0.05) is 32.2 Å². The highest BCUT2D eigenvalue weighted by atomic mass is 16.5. The minimum atomic E-state index is 0.177. The molecule has 0 aromatic carbocycles. The van der Waals surface area contributed by atoms with Crippen LogP contribution in [0.1, 0.15) is 42.6 Å². The van der Waals surface area contributed by atoms with Crippen LogP contribution >= 0.6 is 0 Å². The normalized spacial score (nSPS) is 17.0. The van der Waals surface area contributed by atoms with Crippen molar-refractivity contribution in [1.29, 1.82) is 0 Å². The average Bonchev–Trinajstić information content (AvgIpc) is 3.40. The number of hydrogen-bond acceptors (Lipinski definition) is 5. The number of urea groups is 1. The van der Waals surface area contributed by atoms with Crippen LogP contribution in [0.3, 0.4) is 0 Å². The van der Waals surface area contributed by atoms with Crippen LogP contribution in [0, 0.1) is 0 Å². The monoisotopic (exact) mass is 372 g/mol. The van der Waals surface area contributed by atoms with Gasteiger partial charge in [-0.25, -0.2) is 4.79 Å². The molecule has 0 atom stereocenters. The Morgan fingerprint density at radius 3 is 2.67 bits per heavy atom. The van der Waals surface area contributed by atoms with Gasteiger partial charge in [0.15, 0.2) is 5.76 Å². The summed E-state index contributed by atoms with van der Waals surface area (Å²) in [5.74, 6) is 0.876. The van der Waals surface area contributed by atoms with Crippen LogP contribution in [0.2, 0.25) is 0 Å². The highest BCUT2D eigenvalue weighted by Crippen LogP contribution is 2.19. The molecule has 0 N–H and O–H groups in total. The number of amides is 2. The van der Waals surface area contributed by atoms with Gasteiger partial charge in [0.2, 0.25) is 0 Å². The molecule has 0 radical (unpaired) electrons. The predicted octanol–water partition coefficient (Wildman–Crippen LogP) is 2.10. The second-order valence-corrected chi connectivity index (χ2v) is 7.56. The Kier molecular flexibility index (Phi) is 5.15. The lowest BCUT2D eigenvalue weighted by Crippen LogP contribution is -2.45. The Morgan fingerprint density at radius 1 is 1.11 bits per heavy atom. The third-order valence-electron chi connectivity index (χ3n) is 5.32. The van der Waals surface area contributed by atoms with E-state index in [0.29, 0.717) is 13.1 Å². The van der Waals surface area contributed by atoms with Crippen LogP contribution in [-0.4, -0.2) is 62.3 Å². The molecule has 2 aliphatic heterocycles. The number of fused-ring (bicyclic) bond motifs is 1. The molecule has 0 aliphatic carbocycles. The van der Waals surface area contributed by atoms with Gasteiger partial charge >= 0.3 is 6.03 Å². The van der Waals surface area contributed by atoms with E-state index < -0.39 is 0 Å². The molecule has 2 aromatic rings. The van der Waals surface area contributed by atoms with Crippen LogP contribution in [0.15, 0.2) is 16.7 Å². The lowest BCUT2D eigenvalue weighted by atomic mass is 10.2. The SMILES string of the molecule is CCc1cc(CN(C)Cc2cc3n(n2)CCN(C(=O)N2CCCC2)C3)on1. The van der Waals surface area contributed by atoms with Gasteiger partial charge in [-0.2, -0.15) is 5.10 Å². The molecule has 0 spiro atoms. The Morgan fingerprint density at radius 2 is 1.93 bits per heavy atom. The molecule has 4 rings (SSSR count). The standard InChI is InChI=1S/C19H28N6O2/c1-3-15-11-18(27-21-15)14-22(2)12-16-10-17-13-24(8-9-25(17)20-16)19(26)23-6-4-5-7-23/h10-11H,3-9,12-14H2,1-2H3. The van der Waals surface area contributed by atoms with E-state index in [1.54, 1.807) is 0 Å². The van der Waals surface area contributed by atoms with Crippen molar-refractivity contribution in [2.75, 3.05) is 26.7 Å². The first-order valence-corrected chi connectivity index (χ1v) is 9.85. The summed E-state index contributed by atoms with van der Waals surface area (Å²) in [6, 6.07) is 4.31. The summed E-state index contributed by atoms with van der Waals surface area (Å²) < 4.78 is 7.41. The number of hydrogen-bond donors (Lipinski definition) is 0. The molecule has 8 nitrogen and oxygen atoms in total. The van der Waals surface area contributed by atoms with Crippen molar-refractivity contribution < 1.29 is 9.32 Å². The second-order valence-electron chi connectivity index (χ2n) is 7.56. The van der Waals surface area contributed by atoms with E-state index in [4.69, 9.17) is 9.62 Å². The molecule has 8 heteroatoms. The molecular formula is C19H28N6O2. The number of likely N-dealkylation sites (tertiary alicyclic amines) is 1. The maximum absolute atomic E-state index is 12.6. The zero-order chi connectivity index (χ0) is 18.8. The molecule has 0 unspecified atom stereocenters. The summed E-state index contributed by atoms with van der Waals surface area (Å²) in [4.78, 5) is 18.7. The quantitative estimate of drug-likeness (QED) is 0.804. The molecule has 2 amide bonds. The van der Waals surface area contributed by atoms with E-state index in [0.717, 1.165) is 74.8 Å². The van der Waals surface area contributed by atoms with Gasteiger partial charge in [0.05, 0.1) is 36.7 Å². The zero-order valence-electron chi connectivity index (χ0n) is 16.2. The fourth-order valence-electron chi connectivity index (χ4n) is 3.87. The summed E-state index contributed by atoms with van der Waals surface area (Å²) in [7, 11) is 2.05. The Balaban J connectivity index is 1.35. The van der Waals surface area contributed by atoms with Crippen molar-refractivity contribution in [3.05, 3.63) is 35.0 Å². The lowest BCUT2D eigenvalue weighted by Gasteiger charge is -2.31. The fraction of sp³-hybridized carbons (Fsp3) is 0.632. The van der Waals surface area contributed by atoms with E-state index in [9.17, 15) is 4.79 Å². The van der Waals surface area contributed by atoms with Crippen molar-refractivity contribution >= 4 is 6.03 Å². The van der Waals surface area contributed by atoms with E-state index in [-0.39, 0.29) is 6.03 Å². The smallest absolute Gasteiger partial charge is 0.320 e. The predicted molar refractivity (Wildman–Crippen MR) is 99.9 cm³/mol. The van der Waals surface area contributed by atoms with Crippen molar-refractivity contribution in [3.8, 4) is 0 Å². The first-order valence-electron chi connectivity index (χ1n) is 9.85. The molecule has 27 heavy (non-hydrogen) atoms. The van der Waals surface area contributed by atoms with Gasteiger partial charge in [0.1, 0.15) is 0 Å². The lowest BCUT2D eigenvalue weighted by molar-refractivity contribution is 0.148. The molecule has 2 aromatic heterocycles. The van der Waals surface area contributed by atoms with Gasteiger partial charge in [-0.1, -0.05) is 12.1 Å². The summed E-state index contributed by atoms with van der Waals surface area (Å²) in [5.41, 5.74) is 3.13. The molecule has 2 aliphatic rings. The summed E-state index contributed by atoms with van der Waals surface area (Å²) >= 11 is 0. The van der Waals surface area contributed by atoms with Crippen molar-refractivity contribution in [2.24, 2.45) is 0 Å². The van der Waals surface area contributed by atoms with Crippen molar-refractivity contribution in [1.82, 2.24) is 29.6 Å². The van der Waals surface area contributed by atoms with Crippen LogP contribution in [0.25, 0.3) is 0 Å². The van der Waals surface area contributed by atoms with E-state index in [1.807, 2.05) is 20.5 Å². The number of aromatic nitrogens is 3. The van der Waals surface area contributed by atoms with Crippen molar-refractivity contribution in [3.63, 3.8) is 0 Å². The van der Waals surface area contributed by atoms with Crippen LogP contribution in [-0.2, 0) is 32.6 Å². The molecular weight excluding hydrogens is 344 g/mol. The highest BCUT2D eigenvalue weighted by Gasteiger charge is 2.27. The minimum absolute atomic E-state index is 0.177. The van der Waals surface area contributed by atoms with Crippen molar-refractivity contribution in [2.45, 2.75) is 52.4 Å². The van der Waals surface area contributed by atoms with Gasteiger partial charge < -0.3 is 14.3 Å². The molecule has 1 saturated heterocycles. The van der Waals surface area contributed by atoms with Gasteiger partial charge in [-0.15, -0.1) is 0 Å². The second kappa shape index (κ2) is 7.72. The molecule has 1 fully saturated rings. The van der Waals surface area contributed by atoms with E-state index >= 15 is 0 Å². The maximum atomic E-state index is 12.6. The number of carbonyl (C=O) groups excluding carboxylic acids is 1. The Bertz CT molecular complexity index is 792. The molecule has 146 valence electrons. The molecule has 4 heterocycles. The summed E-state index contributed by atoms with van der Waals surface area (Å²) in [6.45, 7) is 7.44. The first-order chi connectivity index (χ1) is 13.1. The molecule has 0 bridgehead atoms. The van der Waals surface area contributed by atoms with Gasteiger partial charge in [0.25, 0.3) is 0 Å². The topological polar surface area (TPSA) is 70.6 Å². The Hall–Kier alpha value is -2.35. The fourth-order valence-corrected chi connectivity index (χ4v) is 3.87. The average molecular weight is 372 g/mol. The van der Waals surface area contributed by atoms with Crippen LogP contribution in [0.4, 0.5) is 4.79 Å². The van der Waals surface area contributed by atoms with Crippen LogP contribution < -0.4 is 0 Å². The van der Waals surface area contributed by atoms with Crippen LogP contribution in [0.5, 0.6) is 0 Å². The number of carbonyl (C=O) groups is 1. The van der Waals surface area contributed by atoms with E-state index in [1.165, 1.54) is 0 Å². The van der Waals surface area contributed by atoms with E-state index in [2.05, 4.69) is 30.1 Å². The minimum Gasteiger partial charge on any atom is -0.360 e. The largest absolute Gasteiger partial charge is 0.360 e. The third kappa shape index (κ3) is 4.00. The first kappa shape index (κ1) is 18.0. The number of aryl methyl sites for hydroxylation is 1. The van der Waals surface area contributed by atoms with Gasteiger partial charge in [-0.3, -0.25) is 9.58 Å². The third-order valence-corrected chi connectivity index (χ3v) is 5.32. The number of nitrogens with zero attached hydrogens (tertiary/aromatic N) is 6. The zero-order valence-corrected chi connectivity index (χ0v) is 16.2. The highest BCUT2D eigenvalue weighted by molar-refractivity contribution is 5.74. The summed E-state index contributed by atoms with van der Waals surface area (Å²) in [6.07, 6.45) is 3.13. The molecule has 0 saturated carbocycles. The Labute approximate surface area is 159 Å². The summed E-state index contributed by atoms with van der Waals surface area (Å²) in [5, 5.41) is 8.76. The maximum Gasteiger partial charge on any atom is 0.320 e. The number of rotatable bonds is 5. The van der Waals surface area contributed by atoms with Gasteiger partial charge in [-0.05, 0) is 32.4 Å².